The molecular weight excluding hydrogens is 400 g/mol. The van der Waals surface area contributed by atoms with E-state index in [1.807, 2.05) is 24.3 Å². The van der Waals surface area contributed by atoms with Gasteiger partial charge in [0.1, 0.15) is 0 Å². The molecule has 0 unspecified atom stereocenters. The Bertz CT molecular complexity index is 967. The van der Waals surface area contributed by atoms with Crippen molar-refractivity contribution in [3.05, 3.63) is 86.1 Å². The summed E-state index contributed by atoms with van der Waals surface area (Å²) in [6.45, 7) is 2.20. The van der Waals surface area contributed by atoms with E-state index >= 15 is 0 Å². The highest BCUT2D eigenvalue weighted by Gasteiger charge is 2.15. The zero-order chi connectivity index (χ0) is 18.7. The minimum absolute atomic E-state index is 0.0800. The van der Waals surface area contributed by atoms with Crippen LogP contribution in [0, 0.1) is 17.0 Å². The highest BCUT2D eigenvalue weighted by atomic mass is 79.9. The maximum atomic E-state index is 12.3. The Hall–Kier alpha value is -3.00. The van der Waals surface area contributed by atoms with Crippen molar-refractivity contribution in [2.45, 2.75) is 13.5 Å². The molecule has 1 amide bonds. The number of amides is 1. The molecule has 3 aromatic rings. The largest absolute Gasteiger partial charge is 0.319 e. The maximum absolute atomic E-state index is 12.3. The standard InChI is InChI=1S/C18H15BrN4O3/c1-12-2-5-14(8-17(12)23(25)26)18(24)21-16-9-20-22(11-16)10-13-3-6-15(19)7-4-13/h2-9,11H,10H2,1H3,(H,21,24). The number of halogens is 1. The van der Waals surface area contributed by atoms with Crippen molar-refractivity contribution in [3.63, 3.8) is 0 Å². The molecule has 0 spiro atoms. The molecular formula is C18H15BrN4O3. The van der Waals surface area contributed by atoms with Crippen LogP contribution in [0.1, 0.15) is 21.5 Å². The number of aryl methyl sites for hydroxylation is 1. The van der Waals surface area contributed by atoms with Crippen molar-refractivity contribution in [1.82, 2.24) is 9.78 Å². The number of benzene rings is 2. The first-order valence-electron chi connectivity index (χ1n) is 7.75. The Labute approximate surface area is 157 Å². The zero-order valence-electron chi connectivity index (χ0n) is 13.8. The van der Waals surface area contributed by atoms with Crippen LogP contribution in [0.5, 0.6) is 0 Å². The molecule has 3 rings (SSSR count). The highest BCUT2D eigenvalue weighted by Crippen LogP contribution is 2.20. The Balaban J connectivity index is 1.70. The van der Waals surface area contributed by atoms with Crippen LogP contribution in [-0.4, -0.2) is 20.6 Å². The highest BCUT2D eigenvalue weighted by molar-refractivity contribution is 9.10. The Morgan fingerprint density at radius 3 is 2.69 bits per heavy atom. The van der Waals surface area contributed by atoms with Crippen LogP contribution in [0.25, 0.3) is 0 Å². The molecule has 26 heavy (non-hydrogen) atoms. The number of hydrogen-bond acceptors (Lipinski definition) is 4. The number of nitro groups is 1. The van der Waals surface area contributed by atoms with Crippen LogP contribution in [0.15, 0.2) is 59.3 Å². The molecule has 0 fully saturated rings. The van der Waals surface area contributed by atoms with Gasteiger partial charge in [-0.25, -0.2) is 0 Å². The number of nitrogens with zero attached hydrogens (tertiary/aromatic N) is 3. The smallest absolute Gasteiger partial charge is 0.273 e. The summed E-state index contributed by atoms with van der Waals surface area (Å²) >= 11 is 3.39. The van der Waals surface area contributed by atoms with E-state index in [9.17, 15) is 14.9 Å². The van der Waals surface area contributed by atoms with Gasteiger partial charge < -0.3 is 5.32 Å². The lowest BCUT2D eigenvalue weighted by Gasteiger charge is -2.04. The van der Waals surface area contributed by atoms with Gasteiger partial charge in [-0.2, -0.15) is 5.10 Å². The number of nitro benzene ring substituents is 1. The molecule has 0 aliphatic carbocycles. The summed E-state index contributed by atoms with van der Waals surface area (Å²) in [4.78, 5) is 22.8. The molecule has 7 nitrogen and oxygen atoms in total. The molecule has 1 heterocycles. The van der Waals surface area contributed by atoms with Crippen molar-refractivity contribution >= 4 is 33.2 Å². The van der Waals surface area contributed by atoms with Gasteiger partial charge in [-0.05, 0) is 30.7 Å². The lowest BCUT2D eigenvalue weighted by Crippen LogP contribution is -2.12. The van der Waals surface area contributed by atoms with Crippen LogP contribution in [0.3, 0.4) is 0 Å². The second-order valence-corrected chi connectivity index (χ2v) is 6.68. The third-order valence-corrected chi connectivity index (χ3v) is 4.35. The summed E-state index contributed by atoms with van der Waals surface area (Å²) in [6, 6.07) is 12.3. The predicted molar refractivity (Wildman–Crippen MR) is 101 cm³/mol. The summed E-state index contributed by atoms with van der Waals surface area (Å²) in [6.07, 6.45) is 3.25. The van der Waals surface area contributed by atoms with Crippen molar-refractivity contribution < 1.29 is 9.72 Å². The molecule has 2 aromatic carbocycles. The van der Waals surface area contributed by atoms with Gasteiger partial charge >= 0.3 is 0 Å². The lowest BCUT2D eigenvalue weighted by atomic mass is 10.1. The summed E-state index contributed by atoms with van der Waals surface area (Å²) in [5.74, 6) is -0.420. The number of carbonyl (C=O) groups is 1. The normalized spacial score (nSPS) is 10.5. The quantitative estimate of drug-likeness (QED) is 0.501. The zero-order valence-corrected chi connectivity index (χ0v) is 15.4. The Morgan fingerprint density at radius 1 is 1.27 bits per heavy atom. The number of aromatic nitrogens is 2. The van der Waals surface area contributed by atoms with E-state index < -0.39 is 10.8 Å². The topological polar surface area (TPSA) is 90.1 Å². The molecule has 0 bridgehead atoms. The summed E-state index contributed by atoms with van der Waals surface area (Å²) < 4.78 is 2.71. The van der Waals surface area contributed by atoms with Gasteiger partial charge in [0.15, 0.2) is 0 Å². The van der Waals surface area contributed by atoms with Crippen molar-refractivity contribution in [1.29, 1.82) is 0 Å². The minimum atomic E-state index is -0.498. The van der Waals surface area contributed by atoms with E-state index in [4.69, 9.17) is 0 Å². The van der Waals surface area contributed by atoms with Crippen LogP contribution in [0.4, 0.5) is 11.4 Å². The average molecular weight is 415 g/mol. The van der Waals surface area contributed by atoms with Gasteiger partial charge in [0.05, 0.1) is 23.4 Å². The van der Waals surface area contributed by atoms with E-state index in [1.165, 1.54) is 6.07 Å². The van der Waals surface area contributed by atoms with Gasteiger partial charge in [0, 0.05) is 27.9 Å². The predicted octanol–water partition coefficient (Wildman–Crippen LogP) is 4.16. The van der Waals surface area contributed by atoms with Gasteiger partial charge in [-0.15, -0.1) is 0 Å². The first-order chi connectivity index (χ1) is 12.4. The SMILES string of the molecule is Cc1ccc(C(=O)Nc2cnn(Cc3ccc(Br)cc3)c2)cc1[N+](=O)[O-]. The molecule has 1 N–H and O–H groups in total. The molecule has 8 heteroatoms. The first kappa shape index (κ1) is 17.8. The van der Waals surface area contributed by atoms with Gasteiger partial charge in [0.25, 0.3) is 11.6 Å². The second-order valence-electron chi connectivity index (χ2n) is 5.77. The van der Waals surface area contributed by atoms with Gasteiger partial charge in [-0.3, -0.25) is 19.6 Å². The monoisotopic (exact) mass is 414 g/mol. The molecule has 0 radical (unpaired) electrons. The molecule has 0 saturated carbocycles. The summed E-state index contributed by atoms with van der Waals surface area (Å²) in [7, 11) is 0. The van der Waals surface area contributed by atoms with Crippen LogP contribution >= 0.6 is 15.9 Å². The summed E-state index contributed by atoms with van der Waals surface area (Å²) in [5, 5.41) is 17.9. The first-order valence-corrected chi connectivity index (χ1v) is 8.55. The fraction of sp³-hybridized carbons (Fsp3) is 0.111. The second kappa shape index (κ2) is 7.49. The number of hydrogen-bond donors (Lipinski definition) is 1. The number of nitrogens with one attached hydrogen (secondary N) is 1. The Morgan fingerprint density at radius 2 is 2.00 bits per heavy atom. The maximum Gasteiger partial charge on any atom is 0.273 e. The molecule has 0 aliphatic heterocycles. The van der Waals surface area contributed by atoms with E-state index in [-0.39, 0.29) is 11.3 Å². The third kappa shape index (κ3) is 4.15. The van der Waals surface area contributed by atoms with Crippen molar-refractivity contribution in [3.8, 4) is 0 Å². The van der Waals surface area contributed by atoms with Crippen molar-refractivity contribution in [2.24, 2.45) is 0 Å². The van der Waals surface area contributed by atoms with Crippen molar-refractivity contribution in [2.75, 3.05) is 5.32 Å². The Kier molecular flexibility index (Phi) is 5.13. The molecule has 0 saturated heterocycles. The average Bonchev–Trinajstić information content (AvgIpc) is 3.04. The van der Waals surface area contributed by atoms with E-state index in [1.54, 1.807) is 36.1 Å². The molecule has 0 aliphatic rings. The summed E-state index contributed by atoms with van der Waals surface area (Å²) in [5.41, 5.74) is 2.25. The van der Waals surface area contributed by atoms with Gasteiger partial charge in [-0.1, -0.05) is 34.1 Å². The molecule has 1 aromatic heterocycles. The number of carbonyl (C=O) groups excluding carboxylic acids is 1. The third-order valence-electron chi connectivity index (χ3n) is 3.82. The van der Waals surface area contributed by atoms with E-state index in [2.05, 4.69) is 26.3 Å². The van der Waals surface area contributed by atoms with Crippen LogP contribution in [0.2, 0.25) is 0 Å². The number of anilines is 1. The minimum Gasteiger partial charge on any atom is -0.319 e. The molecule has 0 atom stereocenters. The van der Waals surface area contributed by atoms with Crippen LogP contribution in [-0.2, 0) is 6.54 Å². The van der Waals surface area contributed by atoms with E-state index in [0.29, 0.717) is 17.8 Å². The molecule has 132 valence electrons. The van der Waals surface area contributed by atoms with Crippen LogP contribution < -0.4 is 5.32 Å². The fourth-order valence-corrected chi connectivity index (χ4v) is 2.71. The lowest BCUT2D eigenvalue weighted by molar-refractivity contribution is -0.385. The van der Waals surface area contributed by atoms with Gasteiger partial charge in [0.2, 0.25) is 0 Å². The fourth-order valence-electron chi connectivity index (χ4n) is 2.44. The van der Waals surface area contributed by atoms with E-state index in [0.717, 1.165) is 10.0 Å². The number of rotatable bonds is 5.